The summed E-state index contributed by atoms with van der Waals surface area (Å²) in [6, 6.07) is 10.1. The Morgan fingerprint density at radius 2 is 2.00 bits per heavy atom. The molecule has 1 N–H and O–H groups in total. The number of benzene rings is 2. The first-order valence-electron chi connectivity index (χ1n) is 8.70. The predicted octanol–water partition coefficient (Wildman–Crippen LogP) is 5.71. The van der Waals surface area contributed by atoms with Crippen LogP contribution in [0.1, 0.15) is 17.7 Å². The molecule has 4 rings (SSSR count). The molecule has 0 saturated heterocycles. The molecule has 1 aliphatic rings. The van der Waals surface area contributed by atoms with Crippen LogP contribution in [0.2, 0.25) is 10.0 Å². The van der Waals surface area contributed by atoms with Gasteiger partial charge in [0, 0.05) is 22.6 Å². The minimum atomic E-state index is -0.242. The van der Waals surface area contributed by atoms with E-state index in [1.165, 1.54) is 6.07 Å². The average Bonchev–Trinajstić information content (AvgIpc) is 2.77. The maximum absolute atomic E-state index is 14.0. The highest BCUT2D eigenvalue weighted by Gasteiger charge is 2.23. The summed E-state index contributed by atoms with van der Waals surface area (Å²) in [4.78, 5) is 2.26. The molecule has 0 saturated carbocycles. The summed E-state index contributed by atoms with van der Waals surface area (Å²) in [6.45, 7) is 1.77. The molecular weight excluding hydrogens is 404 g/mol. The van der Waals surface area contributed by atoms with Crippen molar-refractivity contribution in [1.82, 2.24) is 9.47 Å². The molecular formula is C20H18Cl2FN3S. The van der Waals surface area contributed by atoms with Crippen LogP contribution in [0.15, 0.2) is 36.4 Å². The van der Waals surface area contributed by atoms with Gasteiger partial charge in [-0.3, -0.25) is 4.57 Å². The number of aromatic nitrogens is 1. The first-order valence-corrected chi connectivity index (χ1v) is 9.87. The van der Waals surface area contributed by atoms with Crippen molar-refractivity contribution in [3.05, 3.63) is 63.5 Å². The molecule has 0 aliphatic carbocycles. The van der Waals surface area contributed by atoms with E-state index in [-0.39, 0.29) is 5.82 Å². The molecule has 3 aromatic rings. The minimum absolute atomic E-state index is 0.242. The van der Waals surface area contributed by atoms with Crippen LogP contribution in [-0.2, 0) is 13.0 Å². The van der Waals surface area contributed by atoms with Crippen molar-refractivity contribution in [2.45, 2.75) is 19.4 Å². The molecule has 2 heterocycles. The molecule has 140 valence electrons. The standard InChI is InChI=1S/C20H18Cl2FN3S/c1-25-8-2-3-18-15(11-25)14-10-13(23)5-7-19(14)26(18)20(27)24-17-6-4-12(21)9-16(17)22/h4-7,9-10H,2-3,8,11H2,1H3,(H,24,27). The van der Waals surface area contributed by atoms with Crippen LogP contribution >= 0.6 is 35.4 Å². The fourth-order valence-corrected chi connectivity index (χ4v) is 4.45. The van der Waals surface area contributed by atoms with Crippen LogP contribution in [0.25, 0.3) is 10.9 Å². The number of fused-ring (bicyclic) bond motifs is 3. The van der Waals surface area contributed by atoms with Crippen LogP contribution < -0.4 is 5.32 Å². The van der Waals surface area contributed by atoms with Gasteiger partial charge in [-0.1, -0.05) is 23.2 Å². The Kier molecular flexibility index (Phi) is 5.12. The lowest BCUT2D eigenvalue weighted by atomic mass is 10.1. The average molecular weight is 422 g/mol. The van der Waals surface area contributed by atoms with E-state index in [0.717, 1.165) is 48.1 Å². The van der Waals surface area contributed by atoms with Gasteiger partial charge in [0.25, 0.3) is 0 Å². The van der Waals surface area contributed by atoms with Crippen LogP contribution in [0.3, 0.4) is 0 Å². The van der Waals surface area contributed by atoms with Crippen LogP contribution in [0.5, 0.6) is 0 Å². The van der Waals surface area contributed by atoms with Gasteiger partial charge >= 0.3 is 0 Å². The summed E-state index contributed by atoms with van der Waals surface area (Å²) < 4.78 is 16.0. The van der Waals surface area contributed by atoms with Gasteiger partial charge in [-0.2, -0.15) is 0 Å². The van der Waals surface area contributed by atoms with Crippen LogP contribution in [-0.4, -0.2) is 28.2 Å². The van der Waals surface area contributed by atoms with Crippen molar-refractivity contribution in [3.63, 3.8) is 0 Å². The Hall–Kier alpha value is -1.66. The van der Waals surface area contributed by atoms with Gasteiger partial charge in [0.2, 0.25) is 0 Å². The summed E-state index contributed by atoms with van der Waals surface area (Å²) in [5.41, 5.74) is 3.85. The third-order valence-electron chi connectivity index (χ3n) is 4.90. The summed E-state index contributed by atoms with van der Waals surface area (Å²) >= 11 is 18.0. The topological polar surface area (TPSA) is 20.2 Å². The molecule has 3 nitrogen and oxygen atoms in total. The van der Waals surface area contributed by atoms with E-state index in [2.05, 4.69) is 17.3 Å². The lowest BCUT2D eigenvalue weighted by molar-refractivity contribution is 0.333. The second-order valence-electron chi connectivity index (χ2n) is 6.82. The molecule has 1 aromatic heterocycles. The largest absolute Gasteiger partial charge is 0.331 e. The molecule has 7 heteroatoms. The summed E-state index contributed by atoms with van der Waals surface area (Å²) in [5, 5.41) is 5.71. The second kappa shape index (κ2) is 7.40. The van der Waals surface area contributed by atoms with Crippen LogP contribution in [0, 0.1) is 5.82 Å². The summed E-state index contributed by atoms with van der Waals surface area (Å²) in [7, 11) is 2.08. The molecule has 0 fully saturated rings. The van der Waals surface area contributed by atoms with E-state index in [4.69, 9.17) is 35.4 Å². The molecule has 2 aromatic carbocycles. The minimum Gasteiger partial charge on any atom is -0.331 e. The monoisotopic (exact) mass is 421 g/mol. The van der Waals surface area contributed by atoms with Crippen molar-refractivity contribution < 1.29 is 4.39 Å². The zero-order valence-electron chi connectivity index (χ0n) is 14.7. The van der Waals surface area contributed by atoms with Gasteiger partial charge in [-0.25, -0.2) is 4.39 Å². The molecule has 0 amide bonds. The van der Waals surface area contributed by atoms with Gasteiger partial charge < -0.3 is 10.2 Å². The van der Waals surface area contributed by atoms with Gasteiger partial charge in [-0.05, 0) is 80.6 Å². The first kappa shape index (κ1) is 18.7. The number of halogens is 3. The molecule has 0 radical (unpaired) electrons. The number of nitrogens with one attached hydrogen (secondary N) is 1. The lowest BCUT2D eigenvalue weighted by Crippen LogP contribution is -2.21. The molecule has 27 heavy (non-hydrogen) atoms. The predicted molar refractivity (Wildman–Crippen MR) is 115 cm³/mol. The van der Waals surface area contributed by atoms with E-state index in [0.29, 0.717) is 20.8 Å². The SMILES string of the molecule is CN1CCCc2c(c3cc(F)ccc3n2C(=S)Nc2ccc(Cl)cc2Cl)C1. The molecule has 0 bridgehead atoms. The van der Waals surface area contributed by atoms with Gasteiger partial charge in [0.15, 0.2) is 5.11 Å². The number of anilines is 1. The fourth-order valence-electron chi connectivity index (χ4n) is 3.68. The van der Waals surface area contributed by atoms with Crippen molar-refractivity contribution in [2.75, 3.05) is 18.9 Å². The Bertz CT molecular complexity index is 1050. The van der Waals surface area contributed by atoms with Gasteiger partial charge in [-0.15, -0.1) is 0 Å². The summed E-state index contributed by atoms with van der Waals surface area (Å²) in [5.74, 6) is -0.242. The first-order chi connectivity index (χ1) is 12.9. The van der Waals surface area contributed by atoms with Crippen molar-refractivity contribution >= 4 is 57.1 Å². The molecule has 0 atom stereocenters. The number of hydrogen-bond acceptors (Lipinski definition) is 2. The third kappa shape index (κ3) is 3.57. The smallest absolute Gasteiger partial charge is 0.182 e. The third-order valence-corrected chi connectivity index (χ3v) is 5.73. The Balaban J connectivity index is 1.83. The number of thiocarbonyl (C=S) groups is 1. The van der Waals surface area contributed by atoms with E-state index in [1.54, 1.807) is 30.3 Å². The fraction of sp³-hybridized carbons (Fsp3) is 0.250. The lowest BCUT2D eigenvalue weighted by Gasteiger charge is -2.15. The highest BCUT2D eigenvalue weighted by atomic mass is 35.5. The highest BCUT2D eigenvalue weighted by Crippen LogP contribution is 2.32. The molecule has 1 aliphatic heterocycles. The van der Waals surface area contributed by atoms with Gasteiger partial charge in [0.05, 0.1) is 16.2 Å². The van der Waals surface area contributed by atoms with E-state index < -0.39 is 0 Å². The zero-order valence-corrected chi connectivity index (χ0v) is 17.1. The zero-order chi connectivity index (χ0) is 19.1. The van der Waals surface area contributed by atoms with Crippen molar-refractivity contribution in [1.29, 1.82) is 0 Å². The van der Waals surface area contributed by atoms with E-state index in [1.807, 2.05) is 4.57 Å². The van der Waals surface area contributed by atoms with Crippen LogP contribution in [0.4, 0.5) is 10.1 Å². The normalized spacial score (nSPS) is 14.8. The second-order valence-corrected chi connectivity index (χ2v) is 8.05. The molecule has 0 spiro atoms. The Labute approximate surface area is 172 Å². The maximum Gasteiger partial charge on any atom is 0.182 e. The molecule has 0 unspecified atom stereocenters. The van der Waals surface area contributed by atoms with E-state index >= 15 is 0 Å². The van der Waals surface area contributed by atoms with Crippen molar-refractivity contribution in [2.24, 2.45) is 0 Å². The van der Waals surface area contributed by atoms with E-state index in [9.17, 15) is 4.39 Å². The highest BCUT2D eigenvalue weighted by molar-refractivity contribution is 7.80. The Morgan fingerprint density at radius 3 is 2.78 bits per heavy atom. The Morgan fingerprint density at radius 1 is 1.19 bits per heavy atom. The van der Waals surface area contributed by atoms with Crippen molar-refractivity contribution in [3.8, 4) is 0 Å². The number of nitrogens with zero attached hydrogens (tertiary/aromatic N) is 2. The number of hydrogen-bond donors (Lipinski definition) is 1. The quantitative estimate of drug-likeness (QED) is 0.508. The van der Waals surface area contributed by atoms with Gasteiger partial charge in [0.1, 0.15) is 5.82 Å². The maximum atomic E-state index is 14.0. The number of rotatable bonds is 1. The summed E-state index contributed by atoms with van der Waals surface area (Å²) in [6.07, 6.45) is 1.90.